The molecule has 40 valence electrons. The predicted octanol–water partition coefficient (Wildman–Crippen LogP) is 0.437. The van der Waals surface area contributed by atoms with Crippen LogP contribution in [-0.2, 0) is 19.5 Å². The number of rotatable bonds is 1. The van der Waals surface area contributed by atoms with Crippen molar-refractivity contribution in [3.8, 4) is 0 Å². The van der Waals surface area contributed by atoms with Crippen LogP contribution in [0.25, 0.3) is 0 Å². The fourth-order valence-corrected chi connectivity index (χ4v) is 0. The van der Waals surface area contributed by atoms with Crippen LogP contribution in [0.15, 0.2) is 5.29 Å². The van der Waals surface area contributed by atoms with E-state index >= 15 is 0 Å². The molecule has 0 saturated carbocycles. The van der Waals surface area contributed by atoms with Gasteiger partial charge in [0.25, 0.3) is 0 Å². The van der Waals surface area contributed by atoms with Crippen molar-refractivity contribution in [2.75, 3.05) is 7.05 Å². The van der Waals surface area contributed by atoms with Crippen LogP contribution in [0.5, 0.6) is 0 Å². The molecule has 0 fully saturated rings. The SMILES string of the molecule is CN(O)N=O.[CH3-].[Zn]. The maximum absolute atomic E-state index is 8.93. The third kappa shape index (κ3) is 24.1. The number of hydroxylamine groups is 1. The van der Waals surface area contributed by atoms with E-state index in [1.54, 1.807) is 0 Å². The smallest absolute Gasteiger partial charge is 0.0784 e. The van der Waals surface area contributed by atoms with E-state index < -0.39 is 0 Å². The van der Waals surface area contributed by atoms with E-state index in [0.717, 1.165) is 7.05 Å². The molecule has 0 rings (SSSR count). The maximum Gasteiger partial charge on any atom is 0.0784 e. The van der Waals surface area contributed by atoms with Gasteiger partial charge in [-0.3, -0.25) is 5.21 Å². The molecular formula is C2H7N2O2Zn-. The molecular weight excluding hydrogens is 149 g/mol. The standard InChI is InChI=1S/CH4N2O2.CH3.Zn/c1-3(5)2-4;;/h5H,1H3;1H3;/q;-1;. The van der Waals surface area contributed by atoms with Crippen molar-refractivity contribution < 1.29 is 24.7 Å². The van der Waals surface area contributed by atoms with Crippen LogP contribution in [0.3, 0.4) is 0 Å². The summed E-state index contributed by atoms with van der Waals surface area (Å²) < 4.78 is 0. The van der Waals surface area contributed by atoms with E-state index in [1.807, 2.05) is 5.29 Å². The van der Waals surface area contributed by atoms with Crippen LogP contribution < -0.4 is 0 Å². The van der Waals surface area contributed by atoms with Gasteiger partial charge in [0.05, 0.1) is 12.3 Å². The largest absolute Gasteiger partial charge is 0.358 e. The second kappa shape index (κ2) is 9.36. The Labute approximate surface area is 55.2 Å². The fourth-order valence-electron chi connectivity index (χ4n) is 0. The maximum atomic E-state index is 8.93. The molecule has 0 aromatic rings. The molecule has 5 heteroatoms. The Hall–Kier alpha value is -0.0166. The van der Waals surface area contributed by atoms with Crippen LogP contribution >= 0.6 is 0 Å². The average Bonchev–Trinajstić information content (AvgIpc) is 1.38. The minimum absolute atomic E-state index is 0. The summed E-state index contributed by atoms with van der Waals surface area (Å²) in [5, 5.41) is 9.94. The molecule has 0 unspecified atom stereocenters. The zero-order chi connectivity index (χ0) is 4.28. The third-order valence-corrected chi connectivity index (χ3v) is 0.118. The molecule has 0 aliphatic carbocycles. The molecule has 0 saturated heterocycles. The van der Waals surface area contributed by atoms with Gasteiger partial charge in [-0.1, -0.05) is 0 Å². The number of hydrogen-bond acceptors (Lipinski definition) is 3. The van der Waals surface area contributed by atoms with Gasteiger partial charge < -0.3 is 7.43 Å². The number of nitrogens with zero attached hydrogens (tertiary/aromatic N) is 2. The van der Waals surface area contributed by atoms with Crippen molar-refractivity contribution in [3.05, 3.63) is 12.3 Å². The summed E-state index contributed by atoms with van der Waals surface area (Å²) in [6.45, 7) is 0. The van der Waals surface area contributed by atoms with Gasteiger partial charge in [0.2, 0.25) is 0 Å². The molecule has 4 nitrogen and oxygen atoms in total. The molecule has 0 aromatic heterocycles. The van der Waals surface area contributed by atoms with E-state index in [-0.39, 0.29) is 32.1 Å². The zero-order valence-electron chi connectivity index (χ0n) is 4.46. The second-order valence-corrected chi connectivity index (χ2v) is 0.571. The minimum atomic E-state index is 0. The Bertz CT molecular complexity index is 40.7. The van der Waals surface area contributed by atoms with E-state index in [1.165, 1.54) is 0 Å². The molecule has 1 N–H and O–H groups in total. The molecule has 0 bridgehead atoms. The van der Waals surface area contributed by atoms with Crippen LogP contribution in [0.1, 0.15) is 0 Å². The first-order valence-corrected chi connectivity index (χ1v) is 1.03. The molecule has 7 heavy (non-hydrogen) atoms. The third-order valence-electron chi connectivity index (χ3n) is 0.118. The minimum Gasteiger partial charge on any atom is -0.358 e. The van der Waals surface area contributed by atoms with E-state index in [0.29, 0.717) is 0 Å². The summed E-state index contributed by atoms with van der Waals surface area (Å²) in [6, 6.07) is 0. The first kappa shape index (κ1) is 15.8. The van der Waals surface area contributed by atoms with Gasteiger partial charge >= 0.3 is 0 Å². The quantitative estimate of drug-likeness (QED) is 0.259. The van der Waals surface area contributed by atoms with Gasteiger partial charge in [-0.05, 0) is 0 Å². The predicted molar refractivity (Wildman–Crippen MR) is 21.8 cm³/mol. The summed E-state index contributed by atoms with van der Waals surface area (Å²) in [7, 11) is 1.13. The van der Waals surface area contributed by atoms with Crippen molar-refractivity contribution in [2.24, 2.45) is 5.29 Å². The van der Waals surface area contributed by atoms with Gasteiger partial charge in [0, 0.05) is 19.5 Å². The summed E-state index contributed by atoms with van der Waals surface area (Å²) in [5.74, 6) is 0. The number of hydrogen-bond donors (Lipinski definition) is 1. The Kier molecular flexibility index (Phi) is 21.1. The van der Waals surface area contributed by atoms with Gasteiger partial charge in [-0.25, -0.2) is 0 Å². The van der Waals surface area contributed by atoms with Crippen LogP contribution in [-0.4, -0.2) is 17.4 Å². The second-order valence-electron chi connectivity index (χ2n) is 0.571. The molecule has 0 spiro atoms. The first-order valence-electron chi connectivity index (χ1n) is 1.03. The summed E-state index contributed by atoms with van der Waals surface area (Å²) in [4.78, 5) is 8.93. The molecule has 0 aliphatic heterocycles. The molecule has 0 radical (unpaired) electrons. The molecule has 0 aromatic carbocycles. The molecule has 0 heterocycles. The summed E-state index contributed by atoms with van der Waals surface area (Å²) in [6.07, 6.45) is 0. The Morgan fingerprint density at radius 3 is 1.86 bits per heavy atom. The Morgan fingerprint density at radius 1 is 1.71 bits per heavy atom. The van der Waals surface area contributed by atoms with Crippen molar-refractivity contribution in [3.63, 3.8) is 0 Å². The van der Waals surface area contributed by atoms with E-state index in [2.05, 4.69) is 0 Å². The van der Waals surface area contributed by atoms with Crippen molar-refractivity contribution in [1.29, 1.82) is 0 Å². The van der Waals surface area contributed by atoms with Crippen molar-refractivity contribution >= 4 is 0 Å². The average molecular weight is 156 g/mol. The molecule has 0 atom stereocenters. The van der Waals surface area contributed by atoms with Crippen molar-refractivity contribution in [2.45, 2.75) is 0 Å². The van der Waals surface area contributed by atoms with E-state index in [4.69, 9.17) is 10.1 Å². The normalized spacial score (nSPS) is 4.86. The van der Waals surface area contributed by atoms with E-state index in [9.17, 15) is 0 Å². The van der Waals surface area contributed by atoms with Crippen molar-refractivity contribution in [1.82, 2.24) is 5.17 Å². The first-order chi connectivity index (χ1) is 2.27. The molecule has 0 aliphatic rings. The van der Waals surface area contributed by atoms with Crippen LogP contribution in [0.2, 0.25) is 0 Å². The van der Waals surface area contributed by atoms with Gasteiger partial charge in [0.1, 0.15) is 0 Å². The summed E-state index contributed by atoms with van der Waals surface area (Å²) in [5.41, 5.74) is 0. The van der Waals surface area contributed by atoms with Gasteiger partial charge in [-0.15, -0.1) is 10.1 Å². The summed E-state index contributed by atoms with van der Waals surface area (Å²) >= 11 is 0. The Morgan fingerprint density at radius 2 is 1.86 bits per heavy atom. The zero-order valence-corrected chi connectivity index (χ0v) is 7.42. The van der Waals surface area contributed by atoms with Crippen LogP contribution in [0, 0.1) is 12.3 Å². The topological polar surface area (TPSA) is 52.9 Å². The van der Waals surface area contributed by atoms with Gasteiger partial charge in [-0.2, -0.15) is 0 Å². The Balaban J connectivity index is -0.0000000800. The van der Waals surface area contributed by atoms with Crippen LogP contribution in [0.4, 0.5) is 0 Å². The monoisotopic (exact) mass is 155 g/mol. The molecule has 0 amide bonds. The number of nitroso groups, excluding NO2 is 1. The fraction of sp³-hybridized carbons (Fsp3) is 0.500. The van der Waals surface area contributed by atoms with Gasteiger partial charge in [0.15, 0.2) is 0 Å².